The lowest BCUT2D eigenvalue weighted by atomic mass is 10.0. The van der Waals surface area contributed by atoms with Crippen molar-refractivity contribution in [1.29, 1.82) is 0 Å². The maximum atomic E-state index is 3.62. The van der Waals surface area contributed by atoms with Crippen LogP contribution in [0.3, 0.4) is 0 Å². The van der Waals surface area contributed by atoms with E-state index in [0.29, 0.717) is 12.1 Å². The molecule has 96 valence electrons. The molecule has 1 heterocycles. The normalized spacial score (nSPS) is 27.9. The van der Waals surface area contributed by atoms with Gasteiger partial charge in [-0.05, 0) is 46.4 Å². The highest BCUT2D eigenvalue weighted by Crippen LogP contribution is 2.16. The molecule has 0 spiro atoms. The summed E-state index contributed by atoms with van der Waals surface area (Å²) in [6, 6.07) is 1.35. The third kappa shape index (κ3) is 4.04. The van der Waals surface area contributed by atoms with Crippen LogP contribution in [0, 0.1) is 5.92 Å². The summed E-state index contributed by atoms with van der Waals surface area (Å²) in [4.78, 5) is 4.87. The van der Waals surface area contributed by atoms with Crippen molar-refractivity contribution in [3.05, 3.63) is 0 Å². The quantitative estimate of drug-likeness (QED) is 0.737. The second kappa shape index (κ2) is 6.58. The van der Waals surface area contributed by atoms with Crippen LogP contribution in [0.5, 0.6) is 0 Å². The first-order chi connectivity index (χ1) is 7.54. The summed E-state index contributed by atoms with van der Waals surface area (Å²) in [5.74, 6) is 0.834. The van der Waals surface area contributed by atoms with Gasteiger partial charge >= 0.3 is 0 Å². The third-order valence-electron chi connectivity index (χ3n) is 3.78. The number of likely N-dealkylation sites (N-methyl/N-ethyl adjacent to an activating group) is 2. The Balaban J connectivity index is 2.41. The Kier molecular flexibility index (Phi) is 5.73. The minimum atomic E-state index is 0.648. The topological polar surface area (TPSA) is 18.5 Å². The molecule has 16 heavy (non-hydrogen) atoms. The predicted octanol–water partition coefficient (Wildman–Crippen LogP) is 1.26. The largest absolute Gasteiger partial charge is 0.312 e. The van der Waals surface area contributed by atoms with Gasteiger partial charge in [0.25, 0.3) is 0 Å². The molecule has 1 fully saturated rings. The van der Waals surface area contributed by atoms with Crippen LogP contribution in [0.1, 0.15) is 27.2 Å². The van der Waals surface area contributed by atoms with Gasteiger partial charge in [0.2, 0.25) is 0 Å². The van der Waals surface area contributed by atoms with Crippen molar-refractivity contribution in [1.82, 2.24) is 15.1 Å². The second-order valence-corrected chi connectivity index (χ2v) is 5.53. The molecular weight excluding hydrogens is 198 g/mol. The molecule has 3 heteroatoms. The zero-order valence-electron chi connectivity index (χ0n) is 11.7. The summed E-state index contributed by atoms with van der Waals surface area (Å²) in [7, 11) is 4.31. The molecule has 1 N–H and O–H groups in total. The Bertz CT molecular complexity index is 194. The van der Waals surface area contributed by atoms with Crippen molar-refractivity contribution in [3.8, 4) is 0 Å². The van der Waals surface area contributed by atoms with Gasteiger partial charge in [0.05, 0.1) is 0 Å². The summed E-state index contributed by atoms with van der Waals surface area (Å²) in [6.07, 6.45) is 1.34. The first kappa shape index (κ1) is 13.9. The highest BCUT2D eigenvalue weighted by atomic mass is 15.2. The Morgan fingerprint density at radius 1 is 1.38 bits per heavy atom. The molecule has 1 aliphatic rings. The molecule has 0 bridgehead atoms. The molecule has 1 rings (SSSR count). The van der Waals surface area contributed by atoms with Crippen LogP contribution in [-0.2, 0) is 0 Å². The van der Waals surface area contributed by atoms with Crippen molar-refractivity contribution < 1.29 is 0 Å². The van der Waals surface area contributed by atoms with E-state index in [-0.39, 0.29) is 0 Å². The lowest BCUT2D eigenvalue weighted by molar-refractivity contribution is 0.161. The molecule has 0 saturated carbocycles. The highest BCUT2D eigenvalue weighted by molar-refractivity contribution is 4.85. The van der Waals surface area contributed by atoms with Gasteiger partial charge in [0, 0.05) is 25.2 Å². The fraction of sp³-hybridized carbons (Fsp3) is 1.00. The Labute approximate surface area is 101 Å². The average Bonchev–Trinajstić information content (AvgIpc) is 2.59. The first-order valence-corrected chi connectivity index (χ1v) is 6.66. The van der Waals surface area contributed by atoms with Crippen LogP contribution in [0.2, 0.25) is 0 Å². The molecule has 0 amide bonds. The second-order valence-electron chi connectivity index (χ2n) is 5.53. The van der Waals surface area contributed by atoms with Gasteiger partial charge in [-0.15, -0.1) is 0 Å². The van der Waals surface area contributed by atoms with E-state index < -0.39 is 0 Å². The smallest absolute Gasteiger partial charge is 0.0221 e. The van der Waals surface area contributed by atoms with Crippen molar-refractivity contribution in [2.24, 2.45) is 5.92 Å². The maximum absolute atomic E-state index is 3.62. The summed E-state index contributed by atoms with van der Waals surface area (Å²) >= 11 is 0. The lowest BCUT2D eigenvalue weighted by Crippen LogP contribution is -2.47. The number of hydrogen-bond donors (Lipinski definition) is 1. The molecule has 3 unspecified atom stereocenters. The molecule has 3 atom stereocenters. The molecule has 1 saturated heterocycles. The SMILES string of the molecule is CCN(CC1NCCC1C)C(C)CN(C)C. The molecule has 0 aromatic carbocycles. The lowest BCUT2D eigenvalue weighted by Gasteiger charge is -2.33. The molecule has 0 aromatic heterocycles. The minimum absolute atomic E-state index is 0.648. The van der Waals surface area contributed by atoms with Gasteiger partial charge in [-0.25, -0.2) is 0 Å². The summed E-state index contributed by atoms with van der Waals surface area (Å²) in [6.45, 7) is 11.7. The fourth-order valence-electron chi connectivity index (χ4n) is 2.66. The van der Waals surface area contributed by atoms with Crippen LogP contribution >= 0.6 is 0 Å². The number of hydrogen-bond acceptors (Lipinski definition) is 3. The first-order valence-electron chi connectivity index (χ1n) is 6.66. The van der Waals surface area contributed by atoms with Gasteiger partial charge in [0.15, 0.2) is 0 Å². The van der Waals surface area contributed by atoms with E-state index in [1.807, 2.05) is 0 Å². The number of nitrogens with zero attached hydrogens (tertiary/aromatic N) is 2. The van der Waals surface area contributed by atoms with Gasteiger partial charge in [-0.1, -0.05) is 13.8 Å². The van der Waals surface area contributed by atoms with Gasteiger partial charge in [-0.2, -0.15) is 0 Å². The van der Waals surface area contributed by atoms with Crippen molar-refractivity contribution in [3.63, 3.8) is 0 Å². The maximum Gasteiger partial charge on any atom is 0.0221 e. The van der Waals surface area contributed by atoms with E-state index >= 15 is 0 Å². The predicted molar refractivity (Wildman–Crippen MR) is 70.8 cm³/mol. The van der Waals surface area contributed by atoms with Crippen LogP contribution in [0.25, 0.3) is 0 Å². The van der Waals surface area contributed by atoms with Crippen LogP contribution < -0.4 is 5.32 Å². The molecule has 1 aliphatic heterocycles. The van der Waals surface area contributed by atoms with Gasteiger partial charge < -0.3 is 10.2 Å². The Hall–Kier alpha value is -0.120. The number of rotatable bonds is 6. The van der Waals surface area contributed by atoms with Crippen LogP contribution in [0.15, 0.2) is 0 Å². The Morgan fingerprint density at radius 2 is 2.06 bits per heavy atom. The van der Waals surface area contributed by atoms with E-state index in [1.54, 1.807) is 0 Å². The number of nitrogens with one attached hydrogen (secondary N) is 1. The van der Waals surface area contributed by atoms with Crippen LogP contribution in [0.4, 0.5) is 0 Å². The molecule has 0 aliphatic carbocycles. The van der Waals surface area contributed by atoms with Crippen molar-refractivity contribution >= 4 is 0 Å². The van der Waals surface area contributed by atoms with E-state index in [9.17, 15) is 0 Å². The molecular formula is C13H29N3. The monoisotopic (exact) mass is 227 g/mol. The van der Waals surface area contributed by atoms with Crippen molar-refractivity contribution in [2.45, 2.75) is 39.3 Å². The average molecular weight is 227 g/mol. The van der Waals surface area contributed by atoms with E-state index in [0.717, 1.165) is 19.0 Å². The highest BCUT2D eigenvalue weighted by Gasteiger charge is 2.26. The van der Waals surface area contributed by atoms with E-state index in [1.165, 1.54) is 19.5 Å². The van der Waals surface area contributed by atoms with E-state index in [2.05, 4.69) is 50.0 Å². The summed E-state index contributed by atoms with van der Waals surface area (Å²) < 4.78 is 0. The summed E-state index contributed by atoms with van der Waals surface area (Å²) in [5.41, 5.74) is 0. The molecule has 0 radical (unpaired) electrons. The summed E-state index contributed by atoms with van der Waals surface area (Å²) in [5, 5.41) is 3.62. The fourth-order valence-corrected chi connectivity index (χ4v) is 2.66. The molecule has 3 nitrogen and oxygen atoms in total. The van der Waals surface area contributed by atoms with Crippen molar-refractivity contribution in [2.75, 3.05) is 40.3 Å². The van der Waals surface area contributed by atoms with E-state index in [4.69, 9.17) is 0 Å². The third-order valence-corrected chi connectivity index (χ3v) is 3.78. The minimum Gasteiger partial charge on any atom is -0.312 e. The zero-order chi connectivity index (χ0) is 12.1. The van der Waals surface area contributed by atoms with Gasteiger partial charge in [-0.3, -0.25) is 4.90 Å². The zero-order valence-corrected chi connectivity index (χ0v) is 11.7. The molecule has 0 aromatic rings. The Morgan fingerprint density at radius 3 is 2.50 bits per heavy atom. The van der Waals surface area contributed by atoms with Crippen LogP contribution in [-0.4, -0.2) is 62.2 Å². The van der Waals surface area contributed by atoms with Gasteiger partial charge in [0.1, 0.15) is 0 Å². The standard InChI is InChI=1S/C13H29N3/c1-6-16(12(3)9-15(4)5)10-13-11(2)7-8-14-13/h11-14H,6-10H2,1-5H3.